The maximum absolute atomic E-state index is 12.9. The lowest BCUT2D eigenvalue weighted by Gasteiger charge is -2.16. The summed E-state index contributed by atoms with van der Waals surface area (Å²) in [6, 6.07) is 10.8. The molecule has 0 spiro atoms. The molecule has 2 aromatic carbocycles. The van der Waals surface area contributed by atoms with Crippen LogP contribution in [0, 0.1) is 5.82 Å². The quantitative estimate of drug-likeness (QED) is 0.748. The third kappa shape index (κ3) is 3.06. The average Bonchev–Trinajstić information content (AvgIpc) is 2.41. The number of hydrogen-bond donors (Lipinski definition) is 3. The number of aromatic carboxylic acids is 1. The Labute approximate surface area is 116 Å². The Morgan fingerprint density at radius 1 is 1.25 bits per heavy atom. The Bertz CT molecular complexity index is 626. The third-order valence-corrected chi connectivity index (χ3v) is 3.04. The molecule has 1 unspecified atom stereocenters. The van der Waals surface area contributed by atoms with Gasteiger partial charge in [-0.05, 0) is 42.8 Å². The van der Waals surface area contributed by atoms with Crippen LogP contribution in [0.2, 0.25) is 0 Å². The zero-order valence-electron chi connectivity index (χ0n) is 10.9. The van der Waals surface area contributed by atoms with Crippen molar-refractivity contribution in [2.24, 2.45) is 0 Å². The Kier molecular flexibility index (Phi) is 3.89. The number of halogens is 1. The van der Waals surface area contributed by atoms with Gasteiger partial charge in [0.1, 0.15) is 5.82 Å². The highest BCUT2D eigenvalue weighted by atomic mass is 19.1. The van der Waals surface area contributed by atoms with Gasteiger partial charge in [-0.2, -0.15) is 0 Å². The average molecular weight is 274 g/mol. The summed E-state index contributed by atoms with van der Waals surface area (Å²) in [5.74, 6) is -1.36. The van der Waals surface area contributed by atoms with E-state index in [4.69, 9.17) is 10.8 Å². The molecule has 0 amide bonds. The topological polar surface area (TPSA) is 75.3 Å². The number of anilines is 2. The van der Waals surface area contributed by atoms with E-state index in [0.717, 1.165) is 5.56 Å². The van der Waals surface area contributed by atoms with Crippen molar-refractivity contribution >= 4 is 17.3 Å². The molecule has 1 atom stereocenters. The van der Waals surface area contributed by atoms with Crippen LogP contribution in [0.1, 0.15) is 28.9 Å². The fraction of sp³-hybridized carbons (Fsp3) is 0.133. The number of nitrogen functional groups attached to an aromatic ring is 1. The zero-order chi connectivity index (χ0) is 14.7. The molecule has 0 aliphatic heterocycles. The first kappa shape index (κ1) is 13.9. The second-order valence-corrected chi connectivity index (χ2v) is 4.52. The fourth-order valence-electron chi connectivity index (χ4n) is 1.92. The number of rotatable bonds is 4. The number of nitrogens with two attached hydrogens (primary N) is 1. The van der Waals surface area contributed by atoms with Crippen molar-refractivity contribution in [2.75, 3.05) is 11.1 Å². The molecular formula is C15H15FN2O2. The summed E-state index contributed by atoms with van der Waals surface area (Å²) in [5.41, 5.74) is 7.42. The van der Waals surface area contributed by atoms with Crippen LogP contribution in [-0.2, 0) is 0 Å². The van der Waals surface area contributed by atoms with Crippen LogP contribution >= 0.6 is 0 Å². The van der Waals surface area contributed by atoms with Crippen LogP contribution in [-0.4, -0.2) is 11.1 Å². The lowest BCUT2D eigenvalue weighted by Crippen LogP contribution is -2.09. The Balaban J connectivity index is 2.19. The van der Waals surface area contributed by atoms with E-state index in [1.54, 1.807) is 24.3 Å². The molecule has 5 heteroatoms. The first-order valence-corrected chi connectivity index (χ1v) is 6.12. The second-order valence-electron chi connectivity index (χ2n) is 4.52. The van der Waals surface area contributed by atoms with Gasteiger partial charge in [0.2, 0.25) is 0 Å². The second kappa shape index (κ2) is 5.61. The number of nitrogens with one attached hydrogen (secondary N) is 1. The van der Waals surface area contributed by atoms with E-state index in [9.17, 15) is 9.18 Å². The molecule has 0 saturated heterocycles. The van der Waals surface area contributed by atoms with Crippen LogP contribution in [0.3, 0.4) is 0 Å². The van der Waals surface area contributed by atoms with Crippen LogP contribution in [0.25, 0.3) is 0 Å². The predicted molar refractivity (Wildman–Crippen MR) is 76.3 cm³/mol. The molecule has 0 aliphatic rings. The van der Waals surface area contributed by atoms with E-state index in [1.807, 2.05) is 6.92 Å². The smallest absolute Gasteiger partial charge is 0.337 e. The molecule has 104 valence electrons. The Hall–Kier alpha value is -2.56. The van der Waals surface area contributed by atoms with Gasteiger partial charge in [-0.15, -0.1) is 0 Å². The van der Waals surface area contributed by atoms with E-state index in [0.29, 0.717) is 5.69 Å². The minimum absolute atomic E-state index is 0.0568. The molecule has 0 fully saturated rings. The number of carboxylic acids is 1. The molecule has 0 aliphatic carbocycles. The van der Waals surface area contributed by atoms with Crippen LogP contribution in [0.4, 0.5) is 15.8 Å². The van der Waals surface area contributed by atoms with Crippen molar-refractivity contribution in [3.63, 3.8) is 0 Å². The molecule has 0 saturated carbocycles. The minimum atomic E-state index is -1.07. The van der Waals surface area contributed by atoms with Gasteiger partial charge in [-0.3, -0.25) is 0 Å². The molecule has 0 heterocycles. The van der Waals surface area contributed by atoms with Crippen molar-refractivity contribution in [2.45, 2.75) is 13.0 Å². The first-order chi connectivity index (χ1) is 9.47. The van der Waals surface area contributed by atoms with Gasteiger partial charge >= 0.3 is 5.97 Å². The predicted octanol–water partition coefficient (Wildman–Crippen LogP) is 3.28. The monoisotopic (exact) mass is 274 g/mol. The third-order valence-electron chi connectivity index (χ3n) is 3.04. The van der Waals surface area contributed by atoms with Gasteiger partial charge < -0.3 is 16.2 Å². The van der Waals surface area contributed by atoms with E-state index in [2.05, 4.69) is 5.32 Å². The normalized spacial score (nSPS) is 11.9. The summed E-state index contributed by atoms with van der Waals surface area (Å²) in [5, 5.41) is 12.2. The van der Waals surface area contributed by atoms with Crippen molar-refractivity contribution < 1.29 is 14.3 Å². The van der Waals surface area contributed by atoms with Crippen molar-refractivity contribution in [1.82, 2.24) is 0 Å². The lowest BCUT2D eigenvalue weighted by atomic mass is 10.1. The van der Waals surface area contributed by atoms with Gasteiger partial charge in [-0.1, -0.05) is 12.1 Å². The molecule has 2 aromatic rings. The van der Waals surface area contributed by atoms with Crippen LogP contribution in [0.15, 0.2) is 42.5 Å². The fourth-order valence-corrected chi connectivity index (χ4v) is 1.92. The Morgan fingerprint density at radius 3 is 2.50 bits per heavy atom. The van der Waals surface area contributed by atoms with E-state index in [1.165, 1.54) is 18.2 Å². The van der Waals surface area contributed by atoms with Crippen molar-refractivity contribution in [3.8, 4) is 0 Å². The largest absolute Gasteiger partial charge is 0.478 e. The molecule has 4 nitrogen and oxygen atoms in total. The van der Waals surface area contributed by atoms with Crippen molar-refractivity contribution in [1.29, 1.82) is 0 Å². The molecule has 0 radical (unpaired) electrons. The molecule has 20 heavy (non-hydrogen) atoms. The maximum atomic E-state index is 12.9. The standard InChI is InChI=1S/C15H15FN2O2/c1-9(10-2-4-11(16)5-3-10)18-12-6-7-14(17)13(8-12)15(19)20/h2-9,18H,17H2,1H3,(H,19,20). The molecular weight excluding hydrogens is 259 g/mol. The summed E-state index contributed by atoms with van der Waals surface area (Å²) < 4.78 is 12.9. The molecule has 0 bridgehead atoms. The Morgan fingerprint density at radius 2 is 1.90 bits per heavy atom. The molecule has 4 N–H and O–H groups in total. The summed E-state index contributed by atoms with van der Waals surface area (Å²) in [6.07, 6.45) is 0. The summed E-state index contributed by atoms with van der Waals surface area (Å²) in [7, 11) is 0. The van der Waals surface area contributed by atoms with Gasteiger partial charge in [0.05, 0.1) is 5.56 Å². The lowest BCUT2D eigenvalue weighted by molar-refractivity contribution is 0.0698. The highest BCUT2D eigenvalue weighted by Crippen LogP contribution is 2.23. The number of carboxylic acid groups (broad SMARTS) is 1. The molecule has 0 aromatic heterocycles. The van der Waals surface area contributed by atoms with Gasteiger partial charge in [0.25, 0.3) is 0 Å². The summed E-state index contributed by atoms with van der Waals surface area (Å²) >= 11 is 0. The van der Waals surface area contributed by atoms with E-state index in [-0.39, 0.29) is 23.1 Å². The van der Waals surface area contributed by atoms with Gasteiger partial charge in [0.15, 0.2) is 0 Å². The number of hydrogen-bond acceptors (Lipinski definition) is 3. The first-order valence-electron chi connectivity index (χ1n) is 6.12. The SMILES string of the molecule is CC(Nc1ccc(N)c(C(=O)O)c1)c1ccc(F)cc1. The summed E-state index contributed by atoms with van der Waals surface area (Å²) in [4.78, 5) is 11.0. The van der Waals surface area contributed by atoms with Crippen molar-refractivity contribution in [3.05, 3.63) is 59.4 Å². The molecule has 2 rings (SSSR count). The minimum Gasteiger partial charge on any atom is -0.478 e. The maximum Gasteiger partial charge on any atom is 0.337 e. The highest BCUT2D eigenvalue weighted by Gasteiger charge is 2.10. The number of benzene rings is 2. The number of carbonyl (C=O) groups is 1. The van der Waals surface area contributed by atoms with Crippen LogP contribution < -0.4 is 11.1 Å². The van der Waals surface area contributed by atoms with E-state index < -0.39 is 5.97 Å². The van der Waals surface area contributed by atoms with E-state index >= 15 is 0 Å². The van der Waals surface area contributed by atoms with Crippen LogP contribution in [0.5, 0.6) is 0 Å². The van der Waals surface area contributed by atoms with Gasteiger partial charge in [-0.25, -0.2) is 9.18 Å². The zero-order valence-corrected chi connectivity index (χ0v) is 10.9. The van der Waals surface area contributed by atoms with Gasteiger partial charge in [0, 0.05) is 17.4 Å². The summed E-state index contributed by atoms with van der Waals surface area (Å²) in [6.45, 7) is 1.91. The highest BCUT2D eigenvalue weighted by molar-refractivity contribution is 5.94.